The van der Waals surface area contributed by atoms with Crippen LogP contribution in [0.3, 0.4) is 0 Å². The van der Waals surface area contributed by atoms with Crippen molar-refractivity contribution in [1.82, 2.24) is 9.55 Å². The quantitative estimate of drug-likeness (QED) is 0.773. The maximum absolute atomic E-state index is 5.94. The molecule has 0 unspecified atom stereocenters. The number of aryl methyl sites for hydroxylation is 2. The Morgan fingerprint density at radius 3 is 2.93 bits per heavy atom. The number of hydrogen-bond donors (Lipinski definition) is 0. The fraction of sp³-hybridized carbons (Fsp3) is 0.417. The molecular formula is C12H15ClN2. The first-order valence-electron chi connectivity index (χ1n) is 5.34. The second-order valence-corrected chi connectivity index (χ2v) is 4.23. The van der Waals surface area contributed by atoms with Crippen molar-refractivity contribution in [2.45, 2.75) is 33.2 Å². The summed E-state index contributed by atoms with van der Waals surface area (Å²) >= 11 is 5.94. The van der Waals surface area contributed by atoms with Crippen molar-refractivity contribution in [3.63, 3.8) is 0 Å². The third kappa shape index (κ3) is 2.00. The van der Waals surface area contributed by atoms with Crippen molar-refractivity contribution in [3.8, 4) is 0 Å². The Bertz CT molecular complexity index is 474. The van der Waals surface area contributed by atoms with E-state index in [0.29, 0.717) is 0 Å². The van der Waals surface area contributed by atoms with Gasteiger partial charge in [0.1, 0.15) is 5.82 Å². The monoisotopic (exact) mass is 222 g/mol. The minimum atomic E-state index is 0.752. The molecule has 0 atom stereocenters. The minimum absolute atomic E-state index is 0.752. The van der Waals surface area contributed by atoms with Crippen LogP contribution in [-0.4, -0.2) is 9.55 Å². The van der Waals surface area contributed by atoms with Gasteiger partial charge in [0.15, 0.2) is 0 Å². The molecule has 0 aliphatic rings. The summed E-state index contributed by atoms with van der Waals surface area (Å²) in [6.07, 6.45) is 2.39. The van der Waals surface area contributed by atoms with Crippen LogP contribution in [-0.2, 0) is 6.54 Å². The Balaban J connectivity index is 2.48. The van der Waals surface area contributed by atoms with Crippen LogP contribution in [0.2, 0.25) is 5.02 Å². The fourth-order valence-corrected chi connectivity index (χ4v) is 1.99. The first kappa shape index (κ1) is 10.5. The van der Waals surface area contributed by atoms with Gasteiger partial charge in [-0.05, 0) is 31.5 Å². The van der Waals surface area contributed by atoms with Gasteiger partial charge in [-0.3, -0.25) is 0 Å². The Kier molecular flexibility index (Phi) is 2.96. The zero-order valence-corrected chi connectivity index (χ0v) is 9.88. The van der Waals surface area contributed by atoms with E-state index in [0.717, 1.165) is 22.9 Å². The highest BCUT2D eigenvalue weighted by molar-refractivity contribution is 6.31. The summed E-state index contributed by atoms with van der Waals surface area (Å²) in [7, 11) is 0. The van der Waals surface area contributed by atoms with Crippen LogP contribution in [0, 0.1) is 6.92 Å². The van der Waals surface area contributed by atoms with Crippen LogP contribution in [0.1, 0.15) is 25.6 Å². The molecule has 2 nitrogen and oxygen atoms in total. The zero-order valence-electron chi connectivity index (χ0n) is 9.13. The van der Waals surface area contributed by atoms with Crippen molar-refractivity contribution >= 4 is 22.6 Å². The third-order valence-corrected chi connectivity index (χ3v) is 2.87. The van der Waals surface area contributed by atoms with Crippen molar-refractivity contribution in [3.05, 3.63) is 29.0 Å². The number of rotatable bonds is 3. The summed E-state index contributed by atoms with van der Waals surface area (Å²) in [5.41, 5.74) is 2.18. The number of unbranched alkanes of at least 4 members (excludes halogenated alkanes) is 1. The molecule has 0 saturated heterocycles. The van der Waals surface area contributed by atoms with E-state index in [1.807, 2.05) is 25.1 Å². The standard InChI is InChI=1S/C12H15ClN2/c1-3-4-7-15-9(2)14-11-8-10(13)5-6-12(11)15/h5-6,8H,3-4,7H2,1-2H3. The zero-order chi connectivity index (χ0) is 10.8. The van der Waals surface area contributed by atoms with E-state index in [-0.39, 0.29) is 0 Å². The summed E-state index contributed by atoms with van der Waals surface area (Å²) in [4.78, 5) is 4.51. The Hall–Kier alpha value is -1.02. The van der Waals surface area contributed by atoms with E-state index in [1.54, 1.807) is 0 Å². The molecule has 0 radical (unpaired) electrons. The molecule has 3 heteroatoms. The van der Waals surface area contributed by atoms with Crippen molar-refractivity contribution in [2.24, 2.45) is 0 Å². The Morgan fingerprint density at radius 1 is 1.40 bits per heavy atom. The molecule has 0 amide bonds. The van der Waals surface area contributed by atoms with E-state index in [1.165, 1.54) is 18.4 Å². The second-order valence-electron chi connectivity index (χ2n) is 3.80. The summed E-state index contributed by atoms with van der Waals surface area (Å²) in [5.74, 6) is 1.07. The van der Waals surface area contributed by atoms with Gasteiger partial charge in [-0.1, -0.05) is 24.9 Å². The first-order chi connectivity index (χ1) is 7.22. The highest BCUT2D eigenvalue weighted by Crippen LogP contribution is 2.20. The highest BCUT2D eigenvalue weighted by Gasteiger charge is 2.06. The maximum atomic E-state index is 5.94. The van der Waals surface area contributed by atoms with Gasteiger partial charge < -0.3 is 4.57 Å². The van der Waals surface area contributed by atoms with E-state index in [4.69, 9.17) is 11.6 Å². The minimum Gasteiger partial charge on any atom is -0.328 e. The molecule has 15 heavy (non-hydrogen) atoms. The second kappa shape index (κ2) is 4.23. The predicted octanol–water partition coefficient (Wildman–Crippen LogP) is 3.80. The lowest BCUT2D eigenvalue weighted by Crippen LogP contribution is -1.99. The summed E-state index contributed by atoms with van der Waals surface area (Å²) < 4.78 is 2.26. The highest BCUT2D eigenvalue weighted by atomic mass is 35.5. The van der Waals surface area contributed by atoms with Gasteiger partial charge in [-0.25, -0.2) is 4.98 Å². The van der Waals surface area contributed by atoms with Crippen LogP contribution < -0.4 is 0 Å². The molecule has 80 valence electrons. The van der Waals surface area contributed by atoms with Crippen molar-refractivity contribution in [2.75, 3.05) is 0 Å². The first-order valence-corrected chi connectivity index (χ1v) is 5.72. The number of halogens is 1. The Labute approximate surface area is 94.9 Å². The van der Waals surface area contributed by atoms with Gasteiger partial charge in [0.05, 0.1) is 11.0 Å². The predicted molar refractivity (Wildman–Crippen MR) is 64.4 cm³/mol. The van der Waals surface area contributed by atoms with Crippen LogP contribution >= 0.6 is 11.6 Å². The summed E-state index contributed by atoms with van der Waals surface area (Å²) in [6.45, 7) is 5.29. The van der Waals surface area contributed by atoms with Gasteiger partial charge in [-0.2, -0.15) is 0 Å². The average Bonchev–Trinajstić information content (AvgIpc) is 2.50. The number of benzene rings is 1. The number of hydrogen-bond acceptors (Lipinski definition) is 1. The van der Waals surface area contributed by atoms with Gasteiger partial charge in [0.25, 0.3) is 0 Å². The number of aromatic nitrogens is 2. The lowest BCUT2D eigenvalue weighted by molar-refractivity contribution is 0.631. The maximum Gasteiger partial charge on any atom is 0.106 e. The topological polar surface area (TPSA) is 17.8 Å². The Morgan fingerprint density at radius 2 is 2.20 bits per heavy atom. The number of nitrogens with zero attached hydrogens (tertiary/aromatic N) is 2. The van der Waals surface area contributed by atoms with E-state index in [9.17, 15) is 0 Å². The SMILES string of the molecule is CCCCn1c(C)nc2cc(Cl)ccc21. The smallest absolute Gasteiger partial charge is 0.106 e. The molecule has 0 aliphatic carbocycles. The molecule has 0 fully saturated rings. The van der Waals surface area contributed by atoms with Crippen molar-refractivity contribution < 1.29 is 0 Å². The molecule has 1 heterocycles. The van der Waals surface area contributed by atoms with Gasteiger partial charge >= 0.3 is 0 Å². The molecule has 0 N–H and O–H groups in total. The molecule has 2 aromatic rings. The average molecular weight is 223 g/mol. The third-order valence-electron chi connectivity index (χ3n) is 2.64. The molecule has 0 spiro atoms. The lowest BCUT2D eigenvalue weighted by Gasteiger charge is -2.04. The number of imidazole rings is 1. The van der Waals surface area contributed by atoms with E-state index in [2.05, 4.69) is 16.5 Å². The van der Waals surface area contributed by atoms with Gasteiger partial charge in [0.2, 0.25) is 0 Å². The van der Waals surface area contributed by atoms with Crippen LogP contribution in [0.4, 0.5) is 0 Å². The van der Waals surface area contributed by atoms with E-state index >= 15 is 0 Å². The molecule has 2 rings (SSSR count). The molecule has 0 saturated carbocycles. The van der Waals surface area contributed by atoms with Gasteiger partial charge in [0, 0.05) is 11.6 Å². The molecule has 1 aromatic carbocycles. The lowest BCUT2D eigenvalue weighted by atomic mass is 10.3. The van der Waals surface area contributed by atoms with Crippen LogP contribution in [0.15, 0.2) is 18.2 Å². The molecule has 0 aliphatic heterocycles. The van der Waals surface area contributed by atoms with E-state index < -0.39 is 0 Å². The summed E-state index contributed by atoms with van der Waals surface area (Å²) in [5, 5.41) is 0.752. The van der Waals surface area contributed by atoms with Crippen LogP contribution in [0.25, 0.3) is 11.0 Å². The molecular weight excluding hydrogens is 208 g/mol. The van der Waals surface area contributed by atoms with Crippen molar-refractivity contribution in [1.29, 1.82) is 0 Å². The fourth-order valence-electron chi connectivity index (χ4n) is 1.82. The van der Waals surface area contributed by atoms with Gasteiger partial charge in [-0.15, -0.1) is 0 Å². The summed E-state index contributed by atoms with van der Waals surface area (Å²) in [6, 6.07) is 5.90. The van der Waals surface area contributed by atoms with Crippen LogP contribution in [0.5, 0.6) is 0 Å². The molecule has 1 aromatic heterocycles. The number of fused-ring (bicyclic) bond motifs is 1. The largest absolute Gasteiger partial charge is 0.328 e. The molecule has 0 bridgehead atoms. The normalized spacial score (nSPS) is 11.1.